The van der Waals surface area contributed by atoms with Crippen molar-refractivity contribution in [3.05, 3.63) is 0 Å². The molecule has 3 N–H and O–H groups in total. The smallest absolute Gasteiger partial charge is 0.0585 e. The molecule has 0 heterocycles. The van der Waals surface area contributed by atoms with E-state index in [9.17, 15) is 0 Å². The zero-order chi connectivity index (χ0) is 9.64. The van der Waals surface area contributed by atoms with Gasteiger partial charge in [-0.2, -0.15) is 0 Å². The molecule has 3 fully saturated rings. The molecule has 3 rings (SSSR count). The topological polar surface area (TPSA) is 46.2 Å². The summed E-state index contributed by atoms with van der Waals surface area (Å²) in [5.74, 6) is 2.28. The molecule has 4 unspecified atom stereocenters. The summed E-state index contributed by atoms with van der Waals surface area (Å²) in [6.07, 6.45) is 3.91. The molecule has 0 spiro atoms. The molecule has 0 aromatic heterocycles. The van der Waals surface area contributed by atoms with E-state index in [0.717, 1.165) is 11.8 Å². The van der Waals surface area contributed by atoms with Crippen LogP contribution in [0.4, 0.5) is 0 Å². The SMILES string of the molecule is CC1(C)C2CCC(C(N)CO)C1C2. The first-order valence-electron chi connectivity index (χ1n) is 5.43. The molecule has 0 radical (unpaired) electrons. The van der Waals surface area contributed by atoms with Gasteiger partial charge in [-0.05, 0) is 42.4 Å². The van der Waals surface area contributed by atoms with Gasteiger partial charge < -0.3 is 10.8 Å². The number of nitrogens with two attached hydrogens (primary N) is 1. The number of aliphatic hydroxyl groups is 1. The molecular formula is C11H21NO. The third-order valence-electron chi connectivity index (χ3n) is 4.67. The average molecular weight is 183 g/mol. The molecule has 2 heteroatoms. The predicted octanol–water partition coefficient (Wildman–Crippen LogP) is 1.38. The van der Waals surface area contributed by atoms with Crippen molar-refractivity contribution in [2.45, 2.75) is 39.2 Å². The minimum absolute atomic E-state index is 0.0190. The molecule has 3 aliphatic carbocycles. The highest BCUT2D eigenvalue weighted by Gasteiger charge is 2.55. The average Bonchev–Trinajstić information content (AvgIpc) is 2.16. The first-order chi connectivity index (χ1) is 6.07. The Morgan fingerprint density at radius 1 is 1.46 bits per heavy atom. The first-order valence-corrected chi connectivity index (χ1v) is 5.43. The van der Waals surface area contributed by atoms with Crippen LogP contribution in [0.5, 0.6) is 0 Å². The molecule has 76 valence electrons. The predicted molar refractivity (Wildman–Crippen MR) is 53.2 cm³/mol. The first kappa shape index (κ1) is 9.47. The Morgan fingerprint density at radius 3 is 2.62 bits per heavy atom. The van der Waals surface area contributed by atoms with Gasteiger partial charge >= 0.3 is 0 Å². The quantitative estimate of drug-likeness (QED) is 0.679. The Hall–Kier alpha value is -0.0800. The van der Waals surface area contributed by atoms with Crippen molar-refractivity contribution in [2.24, 2.45) is 28.9 Å². The zero-order valence-electron chi connectivity index (χ0n) is 8.66. The lowest BCUT2D eigenvalue weighted by Gasteiger charge is -2.61. The molecule has 13 heavy (non-hydrogen) atoms. The molecule has 2 bridgehead atoms. The van der Waals surface area contributed by atoms with Gasteiger partial charge in [-0.3, -0.25) is 0 Å². The van der Waals surface area contributed by atoms with E-state index < -0.39 is 0 Å². The van der Waals surface area contributed by atoms with Crippen molar-refractivity contribution < 1.29 is 5.11 Å². The van der Waals surface area contributed by atoms with Crippen LogP contribution in [0, 0.1) is 23.2 Å². The van der Waals surface area contributed by atoms with Crippen molar-refractivity contribution >= 4 is 0 Å². The lowest BCUT2D eigenvalue weighted by Crippen LogP contribution is -2.57. The van der Waals surface area contributed by atoms with E-state index in [1.165, 1.54) is 19.3 Å². The Labute approximate surface area is 80.5 Å². The Kier molecular flexibility index (Phi) is 2.16. The minimum atomic E-state index is 0.0190. The second-order valence-electron chi connectivity index (χ2n) is 5.45. The molecule has 3 aliphatic rings. The maximum Gasteiger partial charge on any atom is 0.0585 e. The summed E-state index contributed by atoms with van der Waals surface area (Å²) in [6, 6.07) is 0.0190. The second kappa shape index (κ2) is 2.96. The molecule has 0 aliphatic heterocycles. The molecular weight excluding hydrogens is 162 g/mol. The van der Waals surface area contributed by atoms with E-state index in [-0.39, 0.29) is 12.6 Å². The van der Waals surface area contributed by atoms with Gasteiger partial charge in [0.05, 0.1) is 6.61 Å². The Balaban J connectivity index is 2.07. The van der Waals surface area contributed by atoms with Crippen LogP contribution in [0.2, 0.25) is 0 Å². The highest BCUT2D eigenvalue weighted by atomic mass is 16.3. The van der Waals surface area contributed by atoms with E-state index >= 15 is 0 Å². The van der Waals surface area contributed by atoms with Gasteiger partial charge in [-0.15, -0.1) is 0 Å². The van der Waals surface area contributed by atoms with Crippen molar-refractivity contribution in [2.75, 3.05) is 6.61 Å². The van der Waals surface area contributed by atoms with Gasteiger partial charge in [0.1, 0.15) is 0 Å². The van der Waals surface area contributed by atoms with Crippen LogP contribution >= 0.6 is 0 Å². The largest absolute Gasteiger partial charge is 0.395 e. The molecule has 2 nitrogen and oxygen atoms in total. The third-order valence-corrected chi connectivity index (χ3v) is 4.67. The van der Waals surface area contributed by atoms with Gasteiger partial charge in [0.25, 0.3) is 0 Å². The van der Waals surface area contributed by atoms with Crippen LogP contribution in [0.3, 0.4) is 0 Å². The van der Waals surface area contributed by atoms with Crippen LogP contribution < -0.4 is 5.73 Å². The van der Waals surface area contributed by atoms with Crippen LogP contribution in [0.1, 0.15) is 33.1 Å². The summed E-state index contributed by atoms with van der Waals surface area (Å²) < 4.78 is 0. The second-order valence-corrected chi connectivity index (χ2v) is 5.45. The monoisotopic (exact) mass is 183 g/mol. The fourth-order valence-electron chi connectivity index (χ4n) is 3.52. The van der Waals surface area contributed by atoms with Crippen molar-refractivity contribution in [1.82, 2.24) is 0 Å². The van der Waals surface area contributed by atoms with Crippen molar-refractivity contribution in [3.8, 4) is 0 Å². The number of rotatable bonds is 2. The van der Waals surface area contributed by atoms with Gasteiger partial charge in [0, 0.05) is 6.04 Å². The molecule has 4 atom stereocenters. The van der Waals surface area contributed by atoms with Crippen molar-refractivity contribution in [1.29, 1.82) is 0 Å². The van der Waals surface area contributed by atoms with E-state index in [2.05, 4.69) is 13.8 Å². The van der Waals surface area contributed by atoms with Crippen LogP contribution in [0.25, 0.3) is 0 Å². The van der Waals surface area contributed by atoms with E-state index in [1.807, 2.05) is 0 Å². The fraction of sp³-hybridized carbons (Fsp3) is 1.00. The summed E-state index contributed by atoms with van der Waals surface area (Å²) in [4.78, 5) is 0. The Morgan fingerprint density at radius 2 is 2.15 bits per heavy atom. The molecule has 3 saturated carbocycles. The number of hydrogen-bond acceptors (Lipinski definition) is 2. The molecule has 0 amide bonds. The maximum atomic E-state index is 9.07. The highest BCUT2D eigenvalue weighted by Crippen LogP contribution is 2.61. The Bertz CT molecular complexity index is 200. The van der Waals surface area contributed by atoms with Crippen molar-refractivity contribution in [3.63, 3.8) is 0 Å². The van der Waals surface area contributed by atoms with Crippen LogP contribution in [-0.2, 0) is 0 Å². The van der Waals surface area contributed by atoms with E-state index in [1.54, 1.807) is 0 Å². The number of fused-ring (bicyclic) bond motifs is 2. The van der Waals surface area contributed by atoms with E-state index in [4.69, 9.17) is 10.8 Å². The van der Waals surface area contributed by atoms with Gasteiger partial charge in [0.15, 0.2) is 0 Å². The lowest BCUT2D eigenvalue weighted by molar-refractivity contribution is -0.114. The molecule has 0 saturated heterocycles. The summed E-state index contributed by atoms with van der Waals surface area (Å²) in [5, 5.41) is 9.07. The highest BCUT2D eigenvalue weighted by molar-refractivity contribution is 5.05. The van der Waals surface area contributed by atoms with Crippen LogP contribution in [-0.4, -0.2) is 17.8 Å². The summed E-state index contributed by atoms with van der Waals surface area (Å²) in [5.41, 5.74) is 6.43. The lowest BCUT2D eigenvalue weighted by atomic mass is 9.45. The maximum absolute atomic E-state index is 9.07. The standard InChI is InChI=1S/C11H21NO/c1-11(2)7-3-4-8(9(11)5-7)10(12)6-13/h7-10,13H,3-6,12H2,1-2H3. The summed E-state index contributed by atoms with van der Waals surface area (Å²) >= 11 is 0. The normalized spacial score (nSPS) is 43.8. The van der Waals surface area contributed by atoms with Crippen LogP contribution in [0.15, 0.2) is 0 Å². The summed E-state index contributed by atoms with van der Waals surface area (Å²) in [6.45, 7) is 4.88. The van der Waals surface area contributed by atoms with Gasteiger partial charge in [-0.25, -0.2) is 0 Å². The van der Waals surface area contributed by atoms with Gasteiger partial charge in [-0.1, -0.05) is 13.8 Å². The zero-order valence-corrected chi connectivity index (χ0v) is 8.66. The number of hydrogen-bond donors (Lipinski definition) is 2. The molecule has 0 aromatic carbocycles. The van der Waals surface area contributed by atoms with E-state index in [0.29, 0.717) is 11.3 Å². The minimum Gasteiger partial charge on any atom is -0.395 e. The number of aliphatic hydroxyl groups excluding tert-OH is 1. The third kappa shape index (κ3) is 1.23. The fourth-order valence-corrected chi connectivity index (χ4v) is 3.52. The van der Waals surface area contributed by atoms with Gasteiger partial charge in [0.2, 0.25) is 0 Å². The molecule has 0 aromatic rings. The summed E-state index contributed by atoms with van der Waals surface area (Å²) in [7, 11) is 0.